The van der Waals surface area contributed by atoms with Crippen LogP contribution in [-0.4, -0.2) is 29.5 Å². The number of aliphatic carboxylic acids is 1. The fourth-order valence-corrected chi connectivity index (χ4v) is 0.731. The number of halogens is 2. The molecule has 0 unspecified atom stereocenters. The van der Waals surface area contributed by atoms with Crippen molar-refractivity contribution in [1.29, 1.82) is 0 Å². The molecule has 0 aromatic rings. The first kappa shape index (κ1) is 11.8. The van der Waals surface area contributed by atoms with Gasteiger partial charge in [-0.25, -0.2) is 8.78 Å². The molecule has 0 aliphatic rings. The molecule has 1 amide bonds. The zero-order valence-corrected chi connectivity index (χ0v) is 7.14. The van der Waals surface area contributed by atoms with Crippen LogP contribution in [0.3, 0.4) is 0 Å². The Morgan fingerprint density at radius 1 is 1.46 bits per heavy atom. The van der Waals surface area contributed by atoms with Crippen LogP contribution in [0.2, 0.25) is 0 Å². The summed E-state index contributed by atoms with van der Waals surface area (Å²) in [6.45, 7) is 0.991. The lowest BCUT2D eigenvalue weighted by Gasteiger charge is -2.13. The van der Waals surface area contributed by atoms with E-state index in [-0.39, 0.29) is 6.54 Å². The van der Waals surface area contributed by atoms with Crippen molar-refractivity contribution < 1.29 is 23.5 Å². The maximum atomic E-state index is 12.6. The lowest BCUT2D eigenvalue weighted by molar-refractivity contribution is -0.145. The van der Waals surface area contributed by atoms with Gasteiger partial charge in [0.05, 0.1) is 0 Å². The minimum atomic E-state index is -3.26. The van der Waals surface area contributed by atoms with Gasteiger partial charge in [-0.15, -0.1) is 0 Å². The van der Waals surface area contributed by atoms with Gasteiger partial charge in [-0.05, 0) is 0 Å². The van der Waals surface area contributed by atoms with Gasteiger partial charge in [-0.1, -0.05) is 0 Å². The minimum absolute atomic E-state index is 0.213. The van der Waals surface area contributed by atoms with E-state index >= 15 is 0 Å². The van der Waals surface area contributed by atoms with E-state index in [9.17, 15) is 18.4 Å². The summed E-state index contributed by atoms with van der Waals surface area (Å²) >= 11 is 0. The molecule has 0 atom stereocenters. The van der Waals surface area contributed by atoms with Crippen molar-refractivity contribution in [1.82, 2.24) is 5.32 Å². The maximum absolute atomic E-state index is 12.6. The number of carbonyl (C=O) groups is 2. The van der Waals surface area contributed by atoms with Gasteiger partial charge in [0.2, 0.25) is 5.91 Å². The summed E-state index contributed by atoms with van der Waals surface area (Å²) in [5, 5.41) is 10.3. The monoisotopic (exact) mass is 195 g/mol. The number of hydrogen-bond donors (Lipinski definition) is 2. The largest absolute Gasteiger partial charge is 0.481 e. The van der Waals surface area contributed by atoms with E-state index in [1.165, 1.54) is 6.92 Å². The Morgan fingerprint density at radius 3 is 2.38 bits per heavy atom. The second kappa shape index (κ2) is 4.74. The third-order valence-electron chi connectivity index (χ3n) is 1.27. The van der Waals surface area contributed by atoms with Crippen LogP contribution in [0.5, 0.6) is 0 Å². The molecule has 0 aromatic carbocycles. The molecule has 13 heavy (non-hydrogen) atoms. The quantitative estimate of drug-likeness (QED) is 0.675. The van der Waals surface area contributed by atoms with Gasteiger partial charge in [0.15, 0.2) is 0 Å². The first-order valence-corrected chi connectivity index (χ1v) is 3.67. The van der Waals surface area contributed by atoms with Crippen LogP contribution in [0.4, 0.5) is 8.78 Å². The van der Waals surface area contributed by atoms with Crippen molar-refractivity contribution >= 4 is 11.9 Å². The zero-order valence-electron chi connectivity index (χ0n) is 7.14. The average Bonchev–Trinajstić information content (AvgIpc) is 1.81. The van der Waals surface area contributed by atoms with Crippen LogP contribution in [0, 0.1) is 0 Å². The lowest BCUT2D eigenvalue weighted by atomic mass is 10.2. The zero-order chi connectivity index (χ0) is 10.5. The first-order chi connectivity index (χ1) is 5.83. The van der Waals surface area contributed by atoms with E-state index in [1.54, 1.807) is 0 Å². The molecule has 0 saturated heterocycles. The second-order valence-corrected chi connectivity index (χ2v) is 2.66. The molecule has 0 radical (unpaired) electrons. The van der Waals surface area contributed by atoms with Crippen molar-refractivity contribution in [3.63, 3.8) is 0 Å². The fourth-order valence-electron chi connectivity index (χ4n) is 0.731. The fraction of sp³-hybridized carbons (Fsp3) is 0.714. The second-order valence-electron chi connectivity index (χ2n) is 2.66. The third-order valence-corrected chi connectivity index (χ3v) is 1.27. The molecule has 4 nitrogen and oxygen atoms in total. The highest BCUT2D eigenvalue weighted by molar-refractivity contribution is 5.72. The molecule has 0 rings (SSSR count). The molecule has 0 aromatic heterocycles. The lowest BCUT2D eigenvalue weighted by Crippen LogP contribution is -2.29. The summed E-state index contributed by atoms with van der Waals surface area (Å²) in [6, 6.07) is 0. The number of hydrogen-bond acceptors (Lipinski definition) is 2. The summed E-state index contributed by atoms with van der Waals surface area (Å²) in [5.41, 5.74) is 0. The normalized spacial score (nSPS) is 11.0. The van der Waals surface area contributed by atoms with E-state index in [0.29, 0.717) is 0 Å². The topological polar surface area (TPSA) is 66.4 Å². The van der Waals surface area contributed by atoms with E-state index in [4.69, 9.17) is 5.11 Å². The summed E-state index contributed by atoms with van der Waals surface area (Å²) in [5.74, 6) is -5.21. The highest BCUT2D eigenvalue weighted by Gasteiger charge is 2.31. The highest BCUT2D eigenvalue weighted by Crippen LogP contribution is 2.21. The third kappa shape index (κ3) is 7.17. The number of carboxylic acid groups (broad SMARTS) is 1. The standard InChI is InChI=1S/C7H11F2NO3/c1-5(11)10-3-2-7(8,9)4-6(12)13/h2-4H2,1H3,(H,10,11)(H,12,13). The minimum Gasteiger partial charge on any atom is -0.481 e. The predicted molar refractivity (Wildman–Crippen MR) is 40.5 cm³/mol. The Kier molecular flexibility index (Phi) is 4.30. The molecule has 2 N–H and O–H groups in total. The van der Waals surface area contributed by atoms with Gasteiger partial charge in [0, 0.05) is 19.9 Å². The van der Waals surface area contributed by atoms with Crippen molar-refractivity contribution in [2.75, 3.05) is 6.54 Å². The smallest absolute Gasteiger partial charge is 0.309 e. The molecule has 76 valence electrons. The van der Waals surface area contributed by atoms with Crippen LogP contribution in [0.15, 0.2) is 0 Å². The number of alkyl halides is 2. The molecule has 0 aliphatic carbocycles. The van der Waals surface area contributed by atoms with Gasteiger partial charge in [-0.2, -0.15) is 0 Å². The summed E-state index contributed by atoms with van der Waals surface area (Å²) in [6.07, 6.45) is -1.86. The number of nitrogens with one attached hydrogen (secondary N) is 1. The van der Waals surface area contributed by atoms with Crippen molar-refractivity contribution in [2.45, 2.75) is 25.7 Å². The van der Waals surface area contributed by atoms with E-state index < -0.39 is 30.6 Å². The Labute approximate surface area is 73.9 Å². The summed E-state index contributed by atoms with van der Waals surface area (Å²) < 4.78 is 25.2. The van der Waals surface area contributed by atoms with Gasteiger partial charge in [-0.3, -0.25) is 9.59 Å². The Morgan fingerprint density at radius 2 is 2.00 bits per heavy atom. The summed E-state index contributed by atoms with van der Waals surface area (Å²) in [7, 11) is 0. The molecule has 0 aliphatic heterocycles. The van der Waals surface area contributed by atoms with E-state index in [2.05, 4.69) is 5.32 Å². The van der Waals surface area contributed by atoms with Crippen LogP contribution >= 0.6 is 0 Å². The number of rotatable bonds is 5. The SMILES string of the molecule is CC(=O)NCCC(F)(F)CC(=O)O. The van der Waals surface area contributed by atoms with Crippen molar-refractivity contribution in [3.05, 3.63) is 0 Å². The van der Waals surface area contributed by atoms with Crippen LogP contribution in [-0.2, 0) is 9.59 Å². The van der Waals surface area contributed by atoms with Crippen LogP contribution in [0.1, 0.15) is 19.8 Å². The maximum Gasteiger partial charge on any atom is 0.309 e. The molecule has 6 heteroatoms. The van der Waals surface area contributed by atoms with Crippen LogP contribution in [0.25, 0.3) is 0 Å². The highest BCUT2D eigenvalue weighted by atomic mass is 19.3. The van der Waals surface area contributed by atoms with Crippen molar-refractivity contribution in [2.24, 2.45) is 0 Å². The van der Waals surface area contributed by atoms with Crippen LogP contribution < -0.4 is 5.32 Å². The molecule has 0 saturated carbocycles. The Balaban J connectivity index is 3.75. The Bertz CT molecular complexity index is 206. The van der Waals surface area contributed by atoms with Gasteiger partial charge in [0.1, 0.15) is 6.42 Å². The number of carbonyl (C=O) groups excluding carboxylic acids is 1. The van der Waals surface area contributed by atoms with E-state index in [1.807, 2.05) is 0 Å². The van der Waals surface area contributed by atoms with Gasteiger partial charge in [0.25, 0.3) is 5.92 Å². The predicted octanol–water partition coefficient (Wildman–Crippen LogP) is 0.623. The molecule has 0 heterocycles. The summed E-state index contributed by atoms with van der Waals surface area (Å²) in [4.78, 5) is 20.2. The molecule has 0 fully saturated rings. The van der Waals surface area contributed by atoms with Gasteiger partial charge < -0.3 is 10.4 Å². The van der Waals surface area contributed by atoms with E-state index in [0.717, 1.165) is 0 Å². The molecular formula is C7H11F2NO3. The number of carboxylic acids is 1. The molecule has 0 bridgehead atoms. The van der Waals surface area contributed by atoms with Crippen molar-refractivity contribution in [3.8, 4) is 0 Å². The Hall–Kier alpha value is -1.20. The average molecular weight is 195 g/mol. The number of amides is 1. The molecule has 0 spiro atoms. The van der Waals surface area contributed by atoms with Gasteiger partial charge >= 0.3 is 5.97 Å². The first-order valence-electron chi connectivity index (χ1n) is 3.67. The molecular weight excluding hydrogens is 184 g/mol.